The lowest BCUT2D eigenvalue weighted by atomic mass is 10.1. The van der Waals surface area contributed by atoms with Gasteiger partial charge >= 0.3 is 0 Å². The zero-order valence-electron chi connectivity index (χ0n) is 18.1. The Morgan fingerprint density at radius 2 is 1.65 bits per heavy atom. The first-order chi connectivity index (χ1) is 14.9. The summed E-state index contributed by atoms with van der Waals surface area (Å²) < 4.78 is 47.0. The lowest BCUT2D eigenvalue weighted by Crippen LogP contribution is -2.45. The second-order valence-corrected chi connectivity index (χ2v) is 8.34. The minimum atomic E-state index is -4.05. The Kier molecular flexibility index (Phi) is 10.1. The molecule has 2 aromatic carbocycles. The van der Waals surface area contributed by atoms with Crippen molar-refractivity contribution >= 4 is 16.3 Å². The summed E-state index contributed by atoms with van der Waals surface area (Å²) in [5.41, 5.74) is 1.90. The summed E-state index contributed by atoms with van der Waals surface area (Å²) >= 11 is 0. The van der Waals surface area contributed by atoms with Crippen molar-refractivity contribution in [3.05, 3.63) is 65.7 Å². The fourth-order valence-corrected chi connectivity index (χ4v) is 3.90. The normalized spacial score (nSPS) is 15.0. The summed E-state index contributed by atoms with van der Waals surface area (Å²) in [4.78, 5) is 5.36. The molecular formula is C22H29NO7S. The number of benzene rings is 2. The van der Waals surface area contributed by atoms with Crippen LogP contribution in [-0.2, 0) is 40.0 Å². The Morgan fingerprint density at radius 3 is 2.23 bits per heavy atom. The zero-order chi connectivity index (χ0) is 22.7. The van der Waals surface area contributed by atoms with Gasteiger partial charge in [-0.15, -0.1) is 0 Å². The van der Waals surface area contributed by atoms with Crippen LogP contribution in [0.3, 0.4) is 0 Å². The van der Waals surface area contributed by atoms with Crippen molar-refractivity contribution in [3.8, 4) is 0 Å². The van der Waals surface area contributed by atoms with Crippen LogP contribution in [0.25, 0.3) is 0 Å². The van der Waals surface area contributed by atoms with Gasteiger partial charge in [-0.1, -0.05) is 53.2 Å². The van der Waals surface area contributed by atoms with Crippen molar-refractivity contribution in [2.45, 2.75) is 36.7 Å². The highest BCUT2D eigenvalue weighted by Gasteiger charge is 2.34. The third-order valence-electron chi connectivity index (χ3n) is 4.48. The topological polar surface area (TPSA) is 92.7 Å². The van der Waals surface area contributed by atoms with Gasteiger partial charge in [0.25, 0.3) is 10.1 Å². The summed E-state index contributed by atoms with van der Waals surface area (Å²) in [7, 11) is 0.284. The van der Waals surface area contributed by atoms with Crippen molar-refractivity contribution in [2.24, 2.45) is 5.16 Å². The number of hydrogen-bond donors (Lipinski definition) is 0. The molecule has 2 rings (SSSR count). The molecule has 0 spiro atoms. The summed E-state index contributed by atoms with van der Waals surface area (Å²) in [6.45, 7) is 2.11. The van der Waals surface area contributed by atoms with Crippen LogP contribution in [-0.4, -0.2) is 60.9 Å². The van der Waals surface area contributed by atoms with Crippen LogP contribution in [0.5, 0.6) is 0 Å². The summed E-state index contributed by atoms with van der Waals surface area (Å²) in [5.74, 6) is 0. The third-order valence-corrected chi connectivity index (χ3v) is 5.83. The quantitative estimate of drug-likeness (QED) is 0.263. The molecule has 2 aromatic rings. The predicted octanol–water partition coefficient (Wildman–Crippen LogP) is 2.95. The van der Waals surface area contributed by atoms with Gasteiger partial charge in [-0.2, -0.15) is 8.42 Å². The fourth-order valence-electron chi connectivity index (χ4n) is 2.83. The maximum atomic E-state index is 12.7. The van der Waals surface area contributed by atoms with Gasteiger partial charge in [0.05, 0.1) is 17.7 Å². The molecule has 31 heavy (non-hydrogen) atoms. The summed E-state index contributed by atoms with van der Waals surface area (Å²) in [6.07, 6.45) is -1.14. The molecule has 3 atom stereocenters. The van der Waals surface area contributed by atoms with Crippen molar-refractivity contribution in [1.29, 1.82) is 0 Å². The van der Waals surface area contributed by atoms with Gasteiger partial charge < -0.3 is 19.0 Å². The maximum absolute atomic E-state index is 12.7. The molecule has 0 aliphatic rings. The zero-order valence-corrected chi connectivity index (χ0v) is 18.9. The molecule has 170 valence electrons. The van der Waals surface area contributed by atoms with Crippen molar-refractivity contribution in [3.63, 3.8) is 0 Å². The largest absolute Gasteiger partial charge is 0.391 e. The first-order valence-electron chi connectivity index (χ1n) is 9.65. The van der Waals surface area contributed by atoms with E-state index >= 15 is 0 Å². The SMILES string of the molecule is COC[C@@H](OS(=O)(=O)c1ccc(C)cc1)[C@H](OC)[C@H](C=NOCc1ccccc1)OC. The molecule has 9 heteroatoms. The van der Waals surface area contributed by atoms with Gasteiger partial charge in [-0.25, -0.2) is 0 Å². The number of methoxy groups -OCH3 is 3. The average molecular weight is 452 g/mol. The van der Waals surface area contributed by atoms with Gasteiger partial charge in [0.2, 0.25) is 0 Å². The second-order valence-electron chi connectivity index (χ2n) is 6.77. The highest BCUT2D eigenvalue weighted by Crippen LogP contribution is 2.20. The fraction of sp³-hybridized carbons (Fsp3) is 0.409. The Balaban J connectivity index is 2.11. The standard InChI is InChI=1S/C22H29NO7S/c1-17-10-12-19(13-11-17)31(24,25)30-21(16-26-2)22(28-4)20(27-3)14-23-29-15-18-8-6-5-7-9-18/h5-14,20-22H,15-16H2,1-4H3/t20-,21+,22+/m0/s1. The van der Waals surface area contributed by atoms with E-state index in [0.29, 0.717) is 0 Å². The number of aryl methyl sites for hydroxylation is 1. The van der Waals surface area contributed by atoms with E-state index in [9.17, 15) is 8.42 Å². The number of hydrogen-bond acceptors (Lipinski definition) is 8. The van der Waals surface area contributed by atoms with E-state index in [0.717, 1.165) is 11.1 Å². The van der Waals surface area contributed by atoms with E-state index in [1.807, 2.05) is 37.3 Å². The van der Waals surface area contributed by atoms with Gasteiger partial charge in [0.1, 0.15) is 24.9 Å². The highest BCUT2D eigenvalue weighted by atomic mass is 32.2. The number of rotatable bonds is 13. The van der Waals surface area contributed by atoms with E-state index in [1.54, 1.807) is 12.1 Å². The van der Waals surface area contributed by atoms with Crippen LogP contribution in [0.4, 0.5) is 0 Å². The molecule has 0 N–H and O–H groups in total. The molecule has 0 heterocycles. The monoisotopic (exact) mass is 451 g/mol. The molecule has 0 aliphatic carbocycles. The molecule has 8 nitrogen and oxygen atoms in total. The Morgan fingerprint density at radius 1 is 0.968 bits per heavy atom. The molecule has 0 aliphatic heterocycles. The van der Waals surface area contributed by atoms with Crippen molar-refractivity contribution in [1.82, 2.24) is 0 Å². The number of oxime groups is 1. The van der Waals surface area contributed by atoms with Gasteiger partial charge in [-0.3, -0.25) is 4.18 Å². The van der Waals surface area contributed by atoms with Crippen molar-refractivity contribution < 1.29 is 31.6 Å². The molecule has 0 radical (unpaired) electrons. The van der Waals surface area contributed by atoms with E-state index < -0.39 is 28.4 Å². The second kappa shape index (κ2) is 12.5. The molecule has 0 bridgehead atoms. The lowest BCUT2D eigenvalue weighted by Gasteiger charge is -2.28. The summed E-state index contributed by atoms with van der Waals surface area (Å²) in [6, 6.07) is 15.9. The van der Waals surface area contributed by atoms with E-state index in [1.165, 1.54) is 39.7 Å². The molecular weight excluding hydrogens is 422 g/mol. The first kappa shape index (κ1) is 25.0. The van der Waals surface area contributed by atoms with Crippen LogP contribution >= 0.6 is 0 Å². The molecule has 0 saturated heterocycles. The lowest BCUT2D eigenvalue weighted by molar-refractivity contribution is -0.0791. The van der Waals surface area contributed by atoms with Gasteiger partial charge in [-0.05, 0) is 24.6 Å². The number of nitrogens with zero attached hydrogens (tertiary/aromatic N) is 1. The smallest absolute Gasteiger partial charge is 0.297 e. The molecule has 0 fully saturated rings. The number of ether oxygens (including phenoxy) is 3. The average Bonchev–Trinajstić information content (AvgIpc) is 2.76. The summed E-state index contributed by atoms with van der Waals surface area (Å²) in [5, 5.41) is 3.94. The van der Waals surface area contributed by atoms with Crippen LogP contribution in [0.15, 0.2) is 64.6 Å². The minimum absolute atomic E-state index is 0.0395. The third kappa shape index (κ3) is 7.71. The Hall–Kier alpha value is -2.30. The van der Waals surface area contributed by atoms with Crippen LogP contribution < -0.4 is 0 Å². The minimum Gasteiger partial charge on any atom is -0.391 e. The van der Waals surface area contributed by atoms with E-state index in [-0.39, 0.29) is 18.1 Å². The molecule has 0 saturated carbocycles. The van der Waals surface area contributed by atoms with E-state index in [4.69, 9.17) is 23.2 Å². The van der Waals surface area contributed by atoms with E-state index in [2.05, 4.69) is 5.16 Å². The molecule has 0 unspecified atom stereocenters. The van der Waals surface area contributed by atoms with Gasteiger partial charge in [0.15, 0.2) is 0 Å². The Bertz CT molecular complexity index is 901. The Labute approximate surface area is 183 Å². The van der Waals surface area contributed by atoms with Crippen molar-refractivity contribution in [2.75, 3.05) is 27.9 Å². The maximum Gasteiger partial charge on any atom is 0.297 e. The predicted molar refractivity (Wildman–Crippen MR) is 116 cm³/mol. The van der Waals surface area contributed by atoms with Crippen LogP contribution in [0.1, 0.15) is 11.1 Å². The molecule has 0 amide bonds. The van der Waals surface area contributed by atoms with Crippen LogP contribution in [0, 0.1) is 6.92 Å². The van der Waals surface area contributed by atoms with Gasteiger partial charge in [0, 0.05) is 21.3 Å². The van der Waals surface area contributed by atoms with Crippen LogP contribution in [0.2, 0.25) is 0 Å². The first-order valence-corrected chi connectivity index (χ1v) is 11.1. The molecule has 0 aromatic heterocycles. The highest BCUT2D eigenvalue weighted by molar-refractivity contribution is 7.86.